The Morgan fingerprint density at radius 2 is 1.43 bits per heavy atom. The van der Waals surface area contributed by atoms with Crippen LogP contribution in [0.1, 0.15) is 41.3 Å². The molecular formula is C25H25NO2. The van der Waals surface area contributed by atoms with E-state index in [1.807, 2.05) is 19.1 Å². The highest BCUT2D eigenvalue weighted by Crippen LogP contribution is 2.52. The largest absolute Gasteiger partial charge is 0.465 e. The number of aryl methyl sites for hydroxylation is 1. The zero-order valence-corrected chi connectivity index (χ0v) is 16.3. The number of esters is 1. The molecule has 3 atom stereocenters. The fraction of sp³-hybridized carbons (Fsp3) is 0.240. The smallest absolute Gasteiger partial charge is 0.325 e. The zero-order chi connectivity index (χ0) is 19.5. The molecular weight excluding hydrogens is 346 g/mol. The normalized spacial score (nSPS) is 20.8. The van der Waals surface area contributed by atoms with Gasteiger partial charge in [-0.05, 0) is 30.5 Å². The molecule has 0 spiro atoms. The first-order chi connectivity index (χ1) is 13.7. The molecule has 0 radical (unpaired) electrons. The molecule has 4 rings (SSSR count). The van der Waals surface area contributed by atoms with Crippen molar-refractivity contribution in [3.8, 4) is 0 Å². The van der Waals surface area contributed by atoms with E-state index >= 15 is 0 Å². The monoisotopic (exact) mass is 371 g/mol. The van der Waals surface area contributed by atoms with Gasteiger partial charge in [0.1, 0.15) is 6.04 Å². The third kappa shape index (κ3) is 3.58. The minimum Gasteiger partial charge on any atom is -0.465 e. The number of hydrogen-bond acceptors (Lipinski definition) is 3. The summed E-state index contributed by atoms with van der Waals surface area (Å²) in [6, 6.07) is 29.0. The van der Waals surface area contributed by atoms with Crippen molar-refractivity contribution >= 4 is 5.97 Å². The summed E-state index contributed by atoms with van der Waals surface area (Å²) in [4.78, 5) is 15.0. The first-order valence-electron chi connectivity index (χ1n) is 9.81. The maximum atomic E-state index is 12.8. The number of rotatable bonds is 6. The predicted molar refractivity (Wildman–Crippen MR) is 111 cm³/mol. The van der Waals surface area contributed by atoms with Crippen LogP contribution in [0, 0.1) is 6.92 Å². The lowest BCUT2D eigenvalue weighted by Gasteiger charge is -2.21. The van der Waals surface area contributed by atoms with Gasteiger partial charge in [-0.2, -0.15) is 0 Å². The Morgan fingerprint density at radius 3 is 1.93 bits per heavy atom. The Hall–Kier alpha value is -2.91. The maximum absolute atomic E-state index is 12.8. The second-order valence-corrected chi connectivity index (χ2v) is 7.22. The second-order valence-electron chi connectivity index (χ2n) is 7.22. The maximum Gasteiger partial charge on any atom is 0.325 e. The van der Waals surface area contributed by atoms with Crippen molar-refractivity contribution in [1.82, 2.24) is 4.90 Å². The van der Waals surface area contributed by atoms with Crippen LogP contribution in [0.25, 0.3) is 0 Å². The minimum atomic E-state index is -0.270. The summed E-state index contributed by atoms with van der Waals surface area (Å²) in [5, 5.41) is 0. The van der Waals surface area contributed by atoms with E-state index in [1.54, 1.807) is 0 Å². The Labute approximate surface area is 166 Å². The molecule has 3 aromatic carbocycles. The molecule has 1 unspecified atom stereocenters. The number of nitrogens with zero attached hydrogens (tertiary/aromatic N) is 1. The van der Waals surface area contributed by atoms with Crippen molar-refractivity contribution in [2.24, 2.45) is 0 Å². The molecule has 3 aromatic rings. The first kappa shape index (κ1) is 18.5. The molecule has 1 saturated heterocycles. The molecule has 3 nitrogen and oxygen atoms in total. The van der Waals surface area contributed by atoms with Gasteiger partial charge in [0, 0.05) is 0 Å². The highest BCUT2D eigenvalue weighted by molar-refractivity contribution is 5.81. The molecule has 0 aliphatic carbocycles. The summed E-state index contributed by atoms with van der Waals surface area (Å²) in [6.07, 6.45) is 0. The van der Waals surface area contributed by atoms with Crippen LogP contribution in [0.3, 0.4) is 0 Å². The van der Waals surface area contributed by atoms with Gasteiger partial charge in [0.15, 0.2) is 0 Å². The van der Waals surface area contributed by atoms with Crippen LogP contribution < -0.4 is 0 Å². The number of carbonyl (C=O) groups excluding carboxylic acids is 1. The molecule has 1 aliphatic heterocycles. The fourth-order valence-corrected chi connectivity index (χ4v) is 3.97. The SMILES string of the molecule is CCOC(=O)[C@H]1[C@H](c2ccc(C)cc2)N1C(c1ccccc1)c1ccccc1. The van der Waals surface area contributed by atoms with Gasteiger partial charge in [0.25, 0.3) is 0 Å². The van der Waals surface area contributed by atoms with Crippen LogP contribution in [0.5, 0.6) is 0 Å². The minimum absolute atomic E-state index is 0.00288. The third-order valence-corrected chi connectivity index (χ3v) is 5.33. The van der Waals surface area contributed by atoms with E-state index in [2.05, 4.69) is 84.6 Å². The van der Waals surface area contributed by atoms with E-state index in [-0.39, 0.29) is 24.1 Å². The fourth-order valence-electron chi connectivity index (χ4n) is 3.97. The summed E-state index contributed by atoms with van der Waals surface area (Å²) >= 11 is 0. The van der Waals surface area contributed by atoms with E-state index in [4.69, 9.17) is 4.74 Å². The molecule has 1 heterocycles. The number of carbonyl (C=O) groups is 1. The van der Waals surface area contributed by atoms with Crippen LogP contribution >= 0.6 is 0 Å². The Kier molecular flexibility index (Phi) is 5.27. The Balaban J connectivity index is 1.76. The van der Waals surface area contributed by atoms with Gasteiger partial charge in [-0.3, -0.25) is 9.69 Å². The Morgan fingerprint density at radius 1 is 0.893 bits per heavy atom. The molecule has 3 heteroatoms. The van der Waals surface area contributed by atoms with Crippen molar-refractivity contribution in [1.29, 1.82) is 0 Å². The van der Waals surface area contributed by atoms with Gasteiger partial charge in [-0.25, -0.2) is 0 Å². The third-order valence-electron chi connectivity index (χ3n) is 5.33. The average Bonchev–Trinajstić information content (AvgIpc) is 3.46. The molecule has 142 valence electrons. The highest BCUT2D eigenvalue weighted by Gasteiger charge is 2.57. The quantitative estimate of drug-likeness (QED) is 0.447. The second kappa shape index (κ2) is 7.99. The molecule has 0 N–H and O–H groups in total. The van der Waals surface area contributed by atoms with E-state index in [0.717, 1.165) is 5.56 Å². The van der Waals surface area contributed by atoms with Crippen molar-refractivity contribution in [2.45, 2.75) is 32.0 Å². The van der Waals surface area contributed by atoms with Crippen molar-refractivity contribution in [3.63, 3.8) is 0 Å². The summed E-state index contributed by atoms with van der Waals surface area (Å²) < 4.78 is 5.41. The first-order valence-corrected chi connectivity index (χ1v) is 9.81. The lowest BCUT2D eigenvalue weighted by molar-refractivity contribution is -0.143. The molecule has 0 saturated carbocycles. The van der Waals surface area contributed by atoms with Gasteiger partial charge in [-0.15, -0.1) is 0 Å². The molecule has 1 aliphatic rings. The molecule has 0 aromatic heterocycles. The summed E-state index contributed by atoms with van der Waals surface area (Å²) in [6.45, 7) is 4.33. The average molecular weight is 371 g/mol. The summed E-state index contributed by atoms with van der Waals surface area (Å²) in [5.74, 6) is -0.148. The molecule has 1 fully saturated rings. The van der Waals surface area contributed by atoms with E-state index in [9.17, 15) is 4.79 Å². The lowest BCUT2D eigenvalue weighted by atomic mass is 9.98. The topological polar surface area (TPSA) is 29.3 Å². The van der Waals surface area contributed by atoms with Crippen molar-refractivity contribution in [3.05, 3.63) is 107 Å². The number of benzene rings is 3. The van der Waals surface area contributed by atoms with Crippen LogP contribution in [-0.2, 0) is 9.53 Å². The Bertz CT molecular complexity index is 882. The van der Waals surface area contributed by atoms with Gasteiger partial charge >= 0.3 is 5.97 Å². The van der Waals surface area contributed by atoms with Gasteiger partial charge in [0.2, 0.25) is 0 Å². The van der Waals surface area contributed by atoms with Gasteiger partial charge in [0.05, 0.1) is 18.7 Å². The van der Waals surface area contributed by atoms with E-state index < -0.39 is 0 Å². The molecule has 28 heavy (non-hydrogen) atoms. The predicted octanol–water partition coefficient (Wildman–Crippen LogP) is 5.07. The zero-order valence-electron chi connectivity index (χ0n) is 16.3. The highest BCUT2D eigenvalue weighted by atomic mass is 16.5. The van der Waals surface area contributed by atoms with Crippen LogP contribution in [0.15, 0.2) is 84.9 Å². The summed E-state index contributed by atoms with van der Waals surface area (Å²) in [7, 11) is 0. The van der Waals surface area contributed by atoms with Crippen molar-refractivity contribution in [2.75, 3.05) is 6.61 Å². The van der Waals surface area contributed by atoms with Crippen LogP contribution in [0.2, 0.25) is 0 Å². The van der Waals surface area contributed by atoms with Crippen molar-refractivity contribution < 1.29 is 9.53 Å². The van der Waals surface area contributed by atoms with Crippen LogP contribution in [-0.4, -0.2) is 23.5 Å². The summed E-state index contributed by atoms with van der Waals surface area (Å²) in [5.41, 5.74) is 4.72. The molecule has 0 amide bonds. The van der Waals surface area contributed by atoms with E-state index in [0.29, 0.717) is 6.61 Å². The van der Waals surface area contributed by atoms with Crippen LogP contribution in [0.4, 0.5) is 0 Å². The number of ether oxygens (including phenoxy) is 1. The lowest BCUT2D eigenvalue weighted by Crippen LogP contribution is -2.20. The van der Waals surface area contributed by atoms with Gasteiger partial charge < -0.3 is 4.74 Å². The number of hydrogen-bond donors (Lipinski definition) is 0. The standard InChI is InChI=1S/C25H25NO2/c1-3-28-25(27)24-23(21-16-14-18(2)15-17-21)26(24)22(19-10-6-4-7-11-19)20-12-8-5-9-13-20/h4-17,22-24H,3H2,1-2H3/t23-,24+,26?/m0/s1. The molecule has 0 bridgehead atoms. The van der Waals surface area contributed by atoms with E-state index in [1.165, 1.54) is 16.7 Å². The van der Waals surface area contributed by atoms with Gasteiger partial charge in [-0.1, -0.05) is 90.5 Å².